The average Bonchev–Trinajstić information content (AvgIpc) is 2.59. The lowest BCUT2D eigenvalue weighted by Gasteiger charge is -2.35. The number of aliphatic hydroxyl groups is 1. The number of hydrogen-bond acceptors (Lipinski definition) is 2. The first-order chi connectivity index (χ1) is 12.5. The minimum atomic E-state index is -1.27. The summed E-state index contributed by atoms with van der Waals surface area (Å²) in [7, 11) is -1.27. The molecule has 2 rings (SSSR count). The molecule has 2 aromatic rings. The van der Waals surface area contributed by atoms with E-state index in [0.29, 0.717) is 5.56 Å². The molecular weight excluding hydrogens is 348 g/mol. The highest BCUT2D eigenvalue weighted by Gasteiger charge is 2.35. The van der Waals surface area contributed by atoms with Crippen LogP contribution >= 0.6 is 0 Å². The summed E-state index contributed by atoms with van der Waals surface area (Å²) >= 11 is 0. The van der Waals surface area contributed by atoms with Gasteiger partial charge in [0, 0.05) is 19.6 Å². The zero-order chi connectivity index (χ0) is 20.2. The molecule has 1 N–H and O–H groups in total. The monoisotopic (exact) mass is 380 g/mol. The van der Waals surface area contributed by atoms with Crippen molar-refractivity contribution in [2.45, 2.75) is 57.5 Å². The fraction of sp³-hybridized carbons (Fsp3) is 0.375. The number of ketones is 1. The maximum absolute atomic E-state index is 11.6. The van der Waals surface area contributed by atoms with Crippen LogP contribution in [0, 0.1) is 0 Å². The van der Waals surface area contributed by atoms with Gasteiger partial charge in [0.05, 0.1) is 5.60 Å². The zero-order valence-corrected chi connectivity index (χ0v) is 18.3. The number of hydrogen-bond donors (Lipinski definition) is 1. The van der Waals surface area contributed by atoms with E-state index in [2.05, 4.69) is 38.4 Å². The summed E-state index contributed by atoms with van der Waals surface area (Å²) in [6, 6.07) is 18.5. The van der Waals surface area contributed by atoms with Crippen LogP contribution in [0.2, 0.25) is 25.7 Å². The third kappa shape index (κ3) is 5.75. The molecule has 3 heteroatoms. The summed E-state index contributed by atoms with van der Waals surface area (Å²) in [5.41, 5.74) is 2.73. The molecule has 0 aromatic heterocycles. The smallest absolute Gasteiger partial charge is 0.159 e. The van der Waals surface area contributed by atoms with Crippen molar-refractivity contribution in [3.63, 3.8) is 0 Å². The lowest BCUT2D eigenvalue weighted by atomic mass is 9.75. The Labute approximate surface area is 165 Å². The number of Topliss-reactive ketones (excluding diaryl/α,β-unsaturated/α-hetero) is 1. The normalized spacial score (nSPS) is 15.0. The van der Waals surface area contributed by atoms with E-state index in [4.69, 9.17) is 0 Å². The molecule has 144 valence electrons. The van der Waals surface area contributed by atoms with Crippen molar-refractivity contribution in [1.82, 2.24) is 0 Å². The van der Waals surface area contributed by atoms with Gasteiger partial charge in [-0.25, -0.2) is 0 Å². The molecule has 0 aliphatic carbocycles. The molecule has 0 amide bonds. The Balaban J connectivity index is 2.39. The quantitative estimate of drug-likeness (QED) is 0.338. The molecule has 2 unspecified atom stereocenters. The van der Waals surface area contributed by atoms with Gasteiger partial charge >= 0.3 is 0 Å². The van der Waals surface area contributed by atoms with Crippen LogP contribution in [0.3, 0.4) is 0 Å². The summed E-state index contributed by atoms with van der Waals surface area (Å²) in [4.78, 5) is 11.6. The summed E-state index contributed by atoms with van der Waals surface area (Å²) in [6.07, 6.45) is 0.746. The molecule has 2 nitrogen and oxygen atoms in total. The van der Waals surface area contributed by atoms with Crippen LogP contribution in [0.1, 0.15) is 47.7 Å². The summed E-state index contributed by atoms with van der Waals surface area (Å²) in [5.74, 6) is -0.0601. The van der Waals surface area contributed by atoms with Gasteiger partial charge in [0.15, 0.2) is 5.78 Å². The molecule has 2 atom stereocenters. The minimum Gasteiger partial charge on any atom is -0.385 e. The second-order valence-electron chi connectivity index (χ2n) is 8.94. The van der Waals surface area contributed by atoms with E-state index >= 15 is 0 Å². The van der Waals surface area contributed by atoms with Gasteiger partial charge in [0.2, 0.25) is 0 Å². The Kier molecular flexibility index (Phi) is 6.61. The largest absolute Gasteiger partial charge is 0.385 e. The van der Waals surface area contributed by atoms with Gasteiger partial charge < -0.3 is 5.11 Å². The van der Waals surface area contributed by atoms with E-state index < -0.39 is 13.7 Å². The first-order valence-electron chi connectivity index (χ1n) is 9.56. The summed E-state index contributed by atoms with van der Waals surface area (Å²) in [6.45, 7) is 14.8. The highest BCUT2D eigenvalue weighted by atomic mass is 28.3. The van der Waals surface area contributed by atoms with Gasteiger partial charge in [0.1, 0.15) is 0 Å². The number of allylic oxidation sites excluding steroid dienone is 1. The molecule has 0 aliphatic rings. The molecule has 0 aliphatic heterocycles. The van der Waals surface area contributed by atoms with E-state index in [1.165, 1.54) is 5.57 Å². The third-order valence-electron chi connectivity index (χ3n) is 5.03. The van der Waals surface area contributed by atoms with Crippen LogP contribution in [-0.4, -0.2) is 19.0 Å². The topological polar surface area (TPSA) is 37.3 Å². The molecule has 0 bridgehead atoms. The second kappa shape index (κ2) is 8.36. The summed E-state index contributed by atoms with van der Waals surface area (Å²) in [5, 5.41) is 11.6. The molecular formula is C24H32O2Si. The maximum Gasteiger partial charge on any atom is 0.159 e. The first kappa shape index (κ1) is 21.3. The predicted molar refractivity (Wildman–Crippen MR) is 117 cm³/mol. The van der Waals surface area contributed by atoms with Gasteiger partial charge in [-0.15, -0.1) is 6.58 Å². The van der Waals surface area contributed by atoms with Crippen LogP contribution < -0.4 is 0 Å². The first-order valence-corrected chi connectivity index (χ1v) is 13.3. The average molecular weight is 381 g/mol. The standard InChI is InChI=1S/C24H32O2Si/c1-18(17-27(4,5)6)16-23(21-10-8-7-9-11-21)24(3,26)22-14-12-20(13-15-22)19(2)25/h7-15,23,26H,1,16-17H2,2-6H3. The van der Waals surface area contributed by atoms with E-state index in [1.807, 2.05) is 37.3 Å². The molecule has 0 radical (unpaired) electrons. The van der Waals surface area contributed by atoms with Gasteiger partial charge in [-0.05, 0) is 37.4 Å². The second-order valence-corrected chi connectivity index (χ2v) is 14.4. The molecule has 2 aromatic carbocycles. The molecule has 0 saturated heterocycles. The number of rotatable bonds is 8. The van der Waals surface area contributed by atoms with E-state index in [0.717, 1.165) is 23.6 Å². The van der Waals surface area contributed by atoms with Gasteiger partial charge in [0.25, 0.3) is 0 Å². The highest BCUT2D eigenvalue weighted by Crippen LogP contribution is 2.41. The van der Waals surface area contributed by atoms with Crippen molar-refractivity contribution in [1.29, 1.82) is 0 Å². The number of carbonyl (C=O) groups is 1. The SMILES string of the molecule is C=C(CC(c1ccccc1)C(C)(O)c1ccc(C(C)=O)cc1)C[Si](C)(C)C. The lowest BCUT2D eigenvalue weighted by molar-refractivity contribution is 0.0262. The Bertz CT molecular complexity index is 783. The molecule has 0 fully saturated rings. The van der Waals surface area contributed by atoms with Crippen molar-refractivity contribution < 1.29 is 9.90 Å². The van der Waals surface area contributed by atoms with E-state index in [-0.39, 0.29) is 11.7 Å². The van der Waals surface area contributed by atoms with Crippen LogP contribution in [0.5, 0.6) is 0 Å². The highest BCUT2D eigenvalue weighted by molar-refractivity contribution is 6.76. The number of benzene rings is 2. The van der Waals surface area contributed by atoms with Crippen LogP contribution in [0.15, 0.2) is 66.7 Å². The van der Waals surface area contributed by atoms with Crippen LogP contribution in [-0.2, 0) is 5.60 Å². The minimum absolute atomic E-state index is 0.0318. The Morgan fingerprint density at radius 1 is 1.07 bits per heavy atom. The van der Waals surface area contributed by atoms with Crippen molar-refractivity contribution >= 4 is 13.9 Å². The Hall–Kier alpha value is -1.97. The van der Waals surface area contributed by atoms with E-state index in [9.17, 15) is 9.90 Å². The Morgan fingerprint density at radius 3 is 2.11 bits per heavy atom. The Morgan fingerprint density at radius 2 is 1.63 bits per heavy atom. The van der Waals surface area contributed by atoms with Crippen molar-refractivity contribution in [2.75, 3.05) is 0 Å². The van der Waals surface area contributed by atoms with Crippen LogP contribution in [0.4, 0.5) is 0 Å². The zero-order valence-electron chi connectivity index (χ0n) is 17.3. The van der Waals surface area contributed by atoms with E-state index in [1.54, 1.807) is 19.1 Å². The third-order valence-corrected chi connectivity index (χ3v) is 6.59. The van der Waals surface area contributed by atoms with Gasteiger partial charge in [-0.3, -0.25) is 4.79 Å². The molecule has 0 saturated carbocycles. The van der Waals surface area contributed by atoms with Crippen molar-refractivity contribution in [3.05, 3.63) is 83.4 Å². The van der Waals surface area contributed by atoms with Crippen molar-refractivity contribution in [2.24, 2.45) is 0 Å². The molecule has 0 heterocycles. The molecule has 27 heavy (non-hydrogen) atoms. The fourth-order valence-corrected chi connectivity index (χ4v) is 5.33. The fourth-order valence-electron chi connectivity index (χ4n) is 3.68. The van der Waals surface area contributed by atoms with Gasteiger partial charge in [-0.2, -0.15) is 0 Å². The van der Waals surface area contributed by atoms with Crippen LogP contribution in [0.25, 0.3) is 0 Å². The molecule has 0 spiro atoms. The number of carbonyl (C=O) groups excluding carboxylic acids is 1. The van der Waals surface area contributed by atoms with Crippen molar-refractivity contribution in [3.8, 4) is 0 Å². The maximum atomic E-state index is 11.6. The lowest BCUT2D eigenvalue weighted by Crippen LogP contribution is -2.31. The van der Waals surface area contributed by atoms with Gasteiger partial charge in [-0.1, -0.05) is 79.8 Å². The summed E-state index contributed by atoms with van der Waals surface area (Å²) < 4.78 is 0. The predicted octanol–water partition coefficient (Wildman–Crippen LogP) is 6.17.